The summed E-state index contributed by atoms with van der Waals surface area (Å²) in [7, 11) is 0. The van der Waals surface area contributed by atoms with Crippen LogP contribution in [0, 0.1) is 5.82 Å². The van der Waals surface area contributed by atoms with E-state index in [1.165, 1.54) is 6.07 Å². The average molecular weight is 305 g/mol. The summed E-state index contributed by atoms with van der Waals surface area (Å²) in [5.41, 5.74) is 2.26. The molecular weight excluding hydrogens is 289 g/mol. The van der Waals surface area contributed by atoms with E-state index in [2.05, 4.69) is 4.99 Å². The Morgan fingerprint density at radius 3 is 2.35 bits per heavy atom. The molecule has 23 heavy (non-hydrogen) atoms. The lowest BCUT2D eigenvalue weighted by Crippen LogP contribution is -2.00. The van der Waals surface area contributed by atoms with Crippen molar-refractivity contribution in [1.82, 2.24) is 0 Å². The monoisotopic (exact) mass is 305 g/mol. The van der Waals surface area contributed by atoms with Crippen LogP contribution in [-0.4, -0.2) is 6.21 Å². The van der Waals surface area contributed by atoms with Crippen molar-refractivity contribution >= 4 is 11.9 Å². The van der Waals surface area contributed by atoms with E-state index in [9.17, 15) is 4.39 Å². The summed E-state index contributed by atoms with van der Waals surface area (Å²) in [5.74, 6) is 0.415. The van der Waals surface area contributed by atoms with Crippen molar-refractivity contribution in [2.75, 3.05) is 0 Å². The van der Waals surface area contributed by atoms with Gasteiger partial charge in [-0.1, -0.05) is 48.5 Å². The summed E-state index contributed by atoms with van der Waals surface area (Å²) in [4.78, 5) is 4.43. The van der Waals surface area contributed by atoms with Gasteiger partial charge in [0.25, 0.3) is 0 Å². The first-order valence-corrected chi connectivity index (χ1v) is 7.37. The Kier molecular flexibility index (Phi) is 4.79. The van der Waals surface area contributed by atoms with Crippen molar-refractivity contribution in [3.63, 3.8) is 0 Å². The largest absolute Gasteiger partial charge is 0.488 e. The standard InChI is InChI=1S/C20H16FNO/c21-19-12-6-4-9-17(19)15-23-20-13-7-5-8-16(20)14-22-18-10-2-1-3-11-18/h1-14H,15H2. The predicted molar refractivity (Wildman–Crippen MR) is 90.9 cm³/mol. The molecule has 0 heterocycles. The lowest BCUT2D eigenvalue weighted by Gasteiger charge is -2.09. The molecule has 3 heteroatoms. The number of hydrogen-bond donors (Lipinski definition) is 0. The Balaban J connectivity index is 1.76. The summed E-state index contributed by atoms with van der Waals surface area (Å²) < 4.78 is 19.4. The Morgan fingerprint density at radius 1 is 0.826 bits per heavy atom. The number of halogens is 1. The van der Waals surface area contributed by atoms with Gasteiger partial charge in [-0.05, 0) is 30.3 Å². The zero-order valence-corrected chi connectivity index (χ0v) is 12.5. The second-order valence-electron chi connectivity index (χ2n) is 5.01. The second-order valence-corrected chi connectivity index (χ2v) is 5.01. The highest BCUT2D eigenvalue weighted by Crippen LogP contribution is 2.20. The summed E-state index contributed by atoms with van der Waals surface area (Å²) in [6.45, 7) is 0.183. The fourth-order valence-corrected chi connectivity index (χ4v) is 2.15. The van der Waals surface area contributed by atoms with Crippen LogP contribution in [0.2, 0.25) is 0 Å². The van der Waals surface area contributed by atoms with Gasteiger partial charge in [0.1, 0.15) is 18.2 Å². The Morgan fingerprint density at radius 2 is 1.52 bits per heavy atom. The van der Waals surface area contributed by atoms with Crippen molar-refractivity contribution < 1.29 is 9.13 Å². The molecule has 0 N–H and O–H groups in total. The van der Waals surface area contributed by atoms with Crippen molar-refractivity contribution in [2.24, 2.45) is 4.99 Å². The van der Waals surface area contributed by atoms with Gasteiger partial charge in [-0.2, -0.15) is 0 Å². The molecule has 0 amide bonds. The van der Waals surface area contributed by atoms with Gasteiger partial charge >= 0.3 is 0 Å². The number of para-hydroxylation sites is 2. The molecule has 0 saturated carbocycles. The summed E-state index contributed by atoms with van der Waals surface area (Å²) in [5, 5.41) is 0. The molecule has 0 saturated heterocycles. The molecule has 0 aliphatic rings. The summed E-state index contributed by atoms with van der Waals surface area (Å²) in [6, 6.07) is 23.9. The van der Waals surface area contributed by atoms with Crippen LogP contribution in [-0.2, 0) is 6.61 Å². The number of ether oxygens (including phenoxy) is 1. The predicted octanol–water partition coefficient (Wildman–Crippen LogP) is 5.16. The molecule has 0 aliphatic heterocycles. The topological polar surface area (TPSA) is 21.6 Å². The van der Waals surface area contributed by atoms with Crippen LogP contribution >= 0.6 is 0 Å². The first kappa shape index (κ1) is 15.0. The third-order valence-electron chi connectivity index (χ3n) is 3.37. The molecule has 3 rings (SSSR count). The van der Waals surface area contributed by atoms with Gasteiger partial charge in [0.2, 0.25) is 0 Å². The maximum atomic E-state index is 13.7. The van der Waals surface area contributed by atoms with Crippen LogP contribution in [0.15, 0.2) is 83.9 Å². The number of benzene rings is 3. The van der Waals surface area contributed by atoms with E-state index in [4.69, 9.17) is 4.74 Å². The zero-order valence-electron chi connectivity index (χ0n) is 12.5. The van der Waals surface area contributed by atoms with E-state index in [1.54, 1.807) is 24.4 Å². The van der Waals surface area contributed by atoms with Crippen molar-refractivity contribution in [2.45, 2.75) is 6.61 Å². The number of hydrogen-bond acceptors (Lipinski definition) is 2. The molecule has 3 aromatic rings. The molecule has 0 fully saturated rings. The van der Waals surface area contributed by atoms with Gasteiger partial charge in [-0.3, -0.25) is 4.99 Å². The minimum atomic E-state index is -0.261. The minimum absolute atomic E-state index is 0.183. The molecular formula is C20H16FNO. The molecule has 0 unspecified atom stereocenters. The SMILES string of the molecule is Fc1ccccc1COc1ccccc1C=Nc1ccccc1. The van der Waals surface area contributed by atoms with Gasteiger partial charge in [0.05, 0.1) is 5.69 Å². The van der Waals surface area contributed by atoms with E-state index in [1.807, 2.05) is 54.6 Å². The van der Waals surface area contributed by atoms with E-state index < -0.39 is 0 Å². The smallest absolute Gasteiger partial charge is 0.129 e. The fraction of sp³-hybridized carbons (Fsp3) is 0.0500. The van der Waals surface area contributed by atoms with Crippen molar-refractivity contribution in [1.29, 1.82) is 0 Å². The van der Waals surface area contributed by atoms with E-state index in [0.717, 1.165) is 11.3 Å². The Hall–Kier alpha value is -2.94. The van der Waals surface area contributed by atoms with Crippen LogP contribution in [0.25, 0.3) is 0 Å². The van der Waals surface area contributed by atoms with Crippen LogP contribution < -0.4 is 4.74 Å². The molecule has 0 bridgehead atoms. The van der Waals surface area contributed by atoms with E-state index in [-0.39, 0.29) is 12.4 Å². The molecule has 0 radical (unpaired) electrons. The van der Waals surface area contributed by atoms with E-state index in [0.29, 0.717) is 11.3 Å². The number of aliphatic imine (C=N–C) groups is 1. The molecule has 0 spiro atoms. The Labute approximate surface area is 134 Å². The first-order chi connectivity index (χ1) is 11.3. The molecule has 3 aromatic carbocycles. The summed E-state index contributed by atoms with van der Waals surface area (Å²) >= 11 is 0. The highest BCUT2D eigenvalue weighted by molar-refractivity contribution is 5.85. The van der Waals surface area contributed by atoms with Gasteiger partial charge in [-0.25, -0.2) is 4.39 Å². The lowest BCUT2D eigenvalue weighted by atomic mass is 10.2. The van der Waals surface area contributed by atoms with Gasteiger partial charge in [0.15, 0.2) is 0 Å². The maximum Gasteiger partial charge on any atom is 0.129 e. The zero-order chi connectivity index (χ0) is 15.9. The number of nitrogens with zero attached hydrogens (tertiary/aromatic N) is 1. The lowest BCUT2D eigenvalue weighted by molar-refractivity contribution is 0.299. The fourth-order valence-electron chi connectivity index (χ4n) is 2.15. The Bertz CT molecular complexity index is 800. The minimum Gasteiger partial charge on any atom is -0.488 e. The second kappa shape index (κ2) is 7.36. The molecule has 0 aromatic heterocycles. The van der Waals surface area contributed by atoms with Crippen LogP contribution in [0.3, 0.4) is 0 Å². The average Bonchev–Trinajstić information content (AvgIpc) is 2.61. The third kappa shape index (κ3) is 4.04. The quantitative estimate of drug-likeness (QED) is 0.597. The third-order valence-corrected chi connectivity index (χ3v) is 3.37. The maximum absolute atomic E-state index is 13.7. The highest BCUT2D eigenvalue weighted by Gasteiger charge is 2.04. The van der Waals surface area contributed by atoms with Crippen LogP contribution in [0.4, 0.5) is 10.1 Å². The van der Waals surface area contributed by atoms with Gasteiger partial charge in [0, 0.05) is 17.3 Å². The van der Waals surface area contributed by atoms with Crippen molar-refractivity contribution in [3.05, 3.63) is 95.8 Å². The van der Waals surface area contributed by atoms with Gasteiger partial charge in [-0.15, -0.1) is 0 Å². The normalized spacial score (nSPS) is 10.8. The molecule has 0 aliphatic carbocycles. The number of rotatable bonds is 5. The van der Waals surface area contributed by atoms with Crippen LogP contribution in [0.1, 0.15) is 11.1 Å². The highest BCUT2D eigenvalue weighted by atomic mass is 19.1. The molecule has 114 valence electrons. The molecule has 0 atom stereocenters. The van der Waals surface area contributed by atoms with Crippen LogP contribution in [0.5, 0.6) is 5.75 Å². The first-order valence-electron chi connectivity index (χ1n) is 7.37. The van der Waals surface area contributed by atoms with Crippen molar-refractivity contribution in [3.8, 4) is 5.75 Å². The van der Waals surface area contributed by atoms with Gasteiger partial charge < -0.3 is 4.74 Å². The summed E-state index contributed by atoms with van der Waals surface area (Å²) in [6.07, 6.45) is 1.76. The van der Waals surface area contributed by atoms with E-state index >= 15 is 0 Å². The molecule has 2 nitrogen and oxygen atoms in total.